The molecule has 0 amide bonds. The maximum absolute atomic E-state index is 13.9. The second kappa shape index (κ2) is 7.05. The summed E-state index contributed by atoms with van der Waals surface area (Å²) in [5.74, 6) is -1.36. The number of halogens is 2. The normalized spacial score (nSPS) is 10.6. The van der Waals surface area contributed by atoms with Gasteiger partial charge in [0, 0.05) is 13.1 Å². The van der Waals surface area contributed by atoms with Crippen LogP contribution < -0.4 is 4.90 Å². The molecule has 0 aliphatic rings. The number of benzene rings is 1. The Bertz CT molecular complexity index is 443. The first-order valence-electron chi connectivity index (χ1n) is 6.28. The molecule has 5 heteroatoms. The van der Waals surface area contributed by atoms with Crippen LogP contribution in [-0.2, 0) is 0 Å². The fourth-order valence-corrected chi connectivity index (χ4v) is 1.94. The van der Waals surface area contributed by atoms with Gasteiger partial charge in [0.1, 0.15) is 5.69 Å². The van der Waals surface area contributed by atoms with Crippen molar-refractivity contribution in [2.45, 2.75) is 13.3 Å². The lowest BCUT2D eigenvalue weighted by molar-refractivity contribution is 0.400. The average molecular weight is 267 g/mol. The fraction of sp³-hybridized carbons (Fsp3) is 0.500. The van der Waals surface area contributed by atoms with Crippen molar-refractivity contribution in [3.8, 4) is 6.07 Å². The van der Waals surface area contributed by atoms with E-state index in [4.69, 9.17) is 5.26 Å². The van der Waals surface area contributed by atoms with Crippen molar-refractivity contribution in [2.24, 2.45) is 0 Å². The molecule has 0 N–H and O–H groups in total. The van der Waals surface area contributed by atoms with Crippen molar-refractivity contribution < 1.29 is 8.78 Å². The van der Waals surface area contributed by atoms with E-state index >= 15 is 0 Å². The number of nitriles is 1. The van der Waals surface area contributed by atoms with Crippen LogP contribution in [0.1, 0.15) is 18.9 Å². The van der Waals surface area contributed by atoms with Crippen molar-refractivity contribution in [1.29, 1.82) is 5.26 Å². The third-order valence-corrected chi connectivity index (χ3v) is 2.88. The van der Waals surface area contributed by atoms with Crippen LogP contribution in [0.3, 0.4) is 0 Å². The molecule has 3 nitrogen and oxygen atoms in total. The molecule has 1 aromatic rings. The predicted molar refractivity (Wildman–Crippen MR) is 72.1 cm³/mol. The van der Waals surface area contributed by atoms with Gasteiger partial charge < -0.3 is 9.80 Å². The first-order chi connectivity index (χ1) is 8.99. The topological polar surface area (TPSA) is 30.3 Å². The first kappa shape index (κ1) is 15.4. The Balaban J connectivity index is 2.90. The van der Waals surface area contributed by atoms with Gasteiger partial charge in [0.2, 0.25) is 0 Å². The maximum atomic E-state index is 13.9. The van der Waals surface area contributed by atoms with Gasteiger partial charge >= 0.3 is 0 Å². The molecule has 0 saturated carbocycles. The Hall–Kier alpha value is -1.67. The SMILES string of the molecule is CCN(CCCN(C)C)c1c(F)cc(C#N)cc1F. The molecule has 0 unspecified atom stereocenters. The van der Waals surface area contributed by atoms with Crippen LogP contribution in [-0.4, -0.2) is 38.6 Å². The molecule has 1 aromatic carbocycles. The second-order valence-corrected chi connectivity index (χ2v) is 4.64. The van der Waals surface area contributed by atoms with Gasteiger partial charge in [-0.25, -0.2) is 8.78 Å². The number of anilines is 1. The molecule has 0 bridgehead atoms. The van der Waals surface area contributed by atoms with Crippen LogP contribution in [0.5, 0.6) is 0 Å². The van der Waals surface area contributed by atoms with E-state index in [2.05, 4.69) is 0 Å². The summed E-state index contributed by atoms with van der Waals surface area (Å²) >= 11 is 0. The Kier molecular flexibility index (Phi) is 5.71. The smallest absolute Gasteiger partial charge is 0.150 e. The highest BCUT2D eigenvalue weighted by atomic mass is 19.1. The summed E-state index contributed by atoms with van der Waals surface area (Å²) in [4.78, 5) is 3.69. The quantitative estimate of drug-likeness (QED) is 0.793. The summed E-state index contributed by atoms with van der Waals surface area (Å²) < 4.78 is 27.8. The minimum atomic E-state index is -0.678. The van der Waals surface area contributed by atoms with Crippen molar-refractivity contribution >= 4 is 5.69 Å². The lowest BCUT2D eigenvalue weighted by Crippen LogP contribution is -2.28. The van der Waals surface area contributed by atoms with Gasteiger partial charge in [0.25, 0.3) is 0 Å². The monoisotopic (exact) mass is 267 g/mol. The van der Waals surface area contributed by atoms with Crippen LogP contribution in [0.4, 0.5) is 14.5 Å². The van der Waals surface area contributed by atoms with Crippen LogP contribution in [0.2, 0.25) is 0 Å². The zero-order valence-corrected chi connectivity index (χ0v) is 11.6. The molecule has 0 heterocycles. The fourth-order valence-electron chi connectivity index (χ4n) is 1.94. The van der Waals surface area contributed by atoms with Gasteiger partial charge in [0.15, 0.2) is 11.6 Å². The average Bonchev–Trinajstić information content (AvgIpc) is 2.35. The molecule has 0 radical (unpaired) electrons. The maximum Gasteiger partial charge on any atom is 0.150 e. The standard InChI is InChI=1S/C14H19F2N3/c1-4-19(7-5-6-18(2)3)14-12(15)8-11(10-17)9-13(14)16/h8-9H,4-7H2,1-3H3. The first-order valence-corrected chi connectivity index (χ1v) is 6.28. The molecule has 0 atom stereocenters. The molecular weight excluding hydrogens is 248 g/mol. The van der Waals surface area contributed by atoms with Gasteiger partial charge in [-0.05, 0) is 46.1 Å². The van der Waals surface area contributed by atoms with Crippen molar-refractivity contribution in [2.75, 3.05) is 38.6 Å². The van der Waals surface area contributed by atoms with Crippen molar-refractivity contribution in [1.82, 2.24) is 4.90 Å². The zero-order chi connectivity index (χ0) is 14.4. The van der Waals surface area contributed by atoms with Gasteiger partial charge in [-0.2, -0.15) is 5.26 Å². The highest BCUT2D eigenvalue weighted by Gasteiger charge is 2.16. The number of hydrogen-bond acceptors (Lipinski definition) is 3. The van der Waals surface area contributed by atoms with E-state index in [9.17, 15) is 8.78 Å². The summed E-state index contributed by atoms with van der Waals surface area (Å²) in [5, 5.41) is 8.67. The predicted octanol–water partition coefficient (Wildman–Crippen LogP) is 2.61. The van der Waals surface area contributed by atoms with E-state index in [1.165, 1.54) is 0 Å². The van der Waals surface area contributed by atoms with Gasteiger partial charge in [-0.15, -0.1) is 0 Å². The summed E-state index contributed by atoms with van der Waals surface area (Å²) in [6.45, 7) is 3.81. The summed E-state index contributed by atoms with van der Waals surface area (Å²) in [7, 11) is 3.92. The Morgan fingerprint density at radius 1 is 1.16 bits per heavy atom. The molecule has 1 rings (SSSR count). The van der Waals surface area contributed by atoms with Gasteiger partial charge in [-0.3, -0.25) is 0 Å². The lowest BCUT2D eigenvalue weighted by Gasteiger charge is -2.25. The zero-order valence-electron chi connectivity index (χ0n) is 11.6. The van der Waals surface area contributed by atoms with E-state index < -0.39 is 11.6 Å². The van der Waals surface area contributed by atoms with Crippen LogP contribution in [0.25, 0.3) is 0 Å². The molecular formula is C14H19F2N3. The van der Waals surface area contributed by atoms with Crippen molar-refractivity contribution in [3.05, 3.63) is 29.3 Å². The van der Waals surface area contributed by atoms with Crippen molar-refractivity contribution in [3.63, 3.8) is 0 Å². The van der Waals surface area contributed by atoms with Crippen LogP contribution in [0, 0.1) is 23.0 Å². The highest BCUT2D eigenvalue weighted by Crippen LogP contribution is 2.25. The molecule has 104 valence electrons. The summed E-state index contributed by atoms with van der Waals surface area (Å²) in [6, 6.07) is 3.90. The molecule has 0 saturated heterocycles. The number of hydrogen-bond donors (Lipinski definition) is 0. The lowest BCUT2D eigenvalue weighted by atomic mass is 10.1. The minimum Gasteiger partial charge on any atom is -0.367 e. The largest absolute Gasteiger partial charge is 0.367 e. The molecule has 19 heavy (non-hydrogen) atoms. The summed E-state index contributed by atoms with van der Waals surface area (Å²) in [5.41, 5.74) is -0.0386. The Morgan fingerprint density at radius 3 is 2.16 bits per heavy atom. The molecule has 0 aliphatic carbocycles. The van der Waals surface area contributed by atoms with E-state index in [-0.39, 0.29) is 11.3 Å². The van der Waals surface area contributed by atoms with Crippen LogP contribution >= 0.6 is 0 Å². The molecule has 0 aliphatic heterocycles. The molecule has 0 aromatic heterocycles. The van der Waals surface area contributed by atoms with Crippen LogP contribution in [0.15, 0.2) is 12.1 Å². The Morgan fingerprint density at radius 2 is 1.74 bits per heavy atom. The Labute approximate surface area is 113 Å². The summed E-state index contributed by atoms with van der Waals surface area (Å²) in [6.07, 6.45) is 0.819. The number of rotatable bonds is 6. The molecule has 0 fully saturated rings. The van der Waals surface area contributed by atoms with Gasteiger partial charge in [-0.1, -0.05) is 0 Å². The minimum absolute atomic E-state index is 0.00287. The third kappa shape index (κ3) is 4.18. The van der Waals surface area contributed by atoms with E-state index in [1.807, 2.05) is 25.9 Å². The van der Waals surface area contributed by atoms with E-state index in [0.29, 0.717) is 13.1 Å². The molecule has 0 spiro atoms. The number of nitrogens with zero attached hydrogens (tertiary/aromatic N) is 3. The van der Waals surface area contributed by atoms with Gasteiger partial charge in [0.05, 0.1) is 11.6 Å². The van der Waals surface area contributed by atoms with E-state index in [1.54, 1.807) is 11.0 Å². The third-order valence-electron chi connectivity index (χ3n) is 2.88. The van der Waals surface area contributed by atoms with E-state index in [0.717, 1.165) is 25.1 Å². The second-order valence-electron chi connectivity index (χ2n) is 4.64. The highest BCUT2D eigenvalue weighted by molar-refractivity contribution is 5.52.